The zero-order valence-electron chi connectivity index (χ0n) is 9.31. The first kappa shape index (κ1) is 11.0. The van der Waals surface area contributed by atoms with Gasteiger partial charge in [0.25, 0.3) is 0 Å². The average molecular weight is 293 g/mol. The molecule has 0 saturated carbocycles. The quantitative estimate of drug-likeness (QED) is 0.877. The van der Waals surface area contributed by atoms with Crippen molar-refractivity contribution in [3.05, 3.63) is 40.6 Å². The van der Waals surface area contributed by atoms with Crippen LogP contribution in [0.25, 0.3) is 11.4 Å². The maximum atomic E-state index is 10.1. The van der Waals surface area contributed by atoms with Gasteiger partial charge in [0, 0.05) is 21.9 Å². The van der Waals surface area contributed by atoms with Gasteiger partial charge in [0.15, 0.2) is 0 Å². The molecule has 4 heteroatoms. The molecule has 1 aromatic heterocycles. The molecular weight excluding hydrogens is 280 g/mol. The van der Waals surface area contributed by atoms with Gasteiger partial charge >= 0.3 is 0 Å². The Balaban J connectivity index is 2.09. The number of rotatable bonds is 1. The van der Waals surface area contributed by atoms with Crippen LogP contribution in [0.3, 0.4) is 0 Å². The Morgan fingerprint density at radius 3 is 2.82 bits per heavy atom. The van der Waals surface area contributed by atoms with Crippen LogP contribution in [0.2, 0.25) is 0 Å². The second-order valence-corrected chi connectivity index (χ2v) is 5.24. The smallest absolute Gasteiger partial charge is 0.142 e. The summed E-state index contributed by atoms with van der Waals surface area (Å²) in [5.41, 5.74) is 2.17. The van der Waals surface area contributed by atoms with Crippen LogP contribution >= 0.6 is 15.9 Å². The minimum Gasteiger partial charge on any atom is -0.373 e. The maximum Gasteiger partial charge on any atom is 0.142 e. The van der Waals surface area contributed by atoms with Gasteiger partial charge in [0.2, 0.25) is 0 Å². The van der Waals surface area contributed by atoms with Crippen molar-refractivity contribution >= 4 is 15.9 Å². The summed E-state index contributed by atoms with van der Waals surface area (Å²) >= 11 is 3.42. The number of hydrogen-bond donors (Lipinski definition) is 1. The molecule has 1 aliphatic heterocycles. The molecule has 2 heterocycles. The van der Waals surface area contributed by atoms with E-state index in [9.17, 15) is 5.11 Å². The summed E-state index contributed by atoms with van der Waals surface area (Å²) < 4.78 is 3.00. The Morgan fingerprint density at radius 1 is 1.29 bits per heavy atom. The van der Waals surface area contributed by atoms with Gasteiger partial charge in [-0.1, -0.05) is 28.1 Å². The summed E-state index contributed by atoms with van der Waals surface area (Å²) in [5, 5.41) is 10.1. The minimum absolute atomic E-state index is 0.431. The van der Waals surface area contributed by atoms with Crippen molar-refractivity contribution in [2.45, 2.75) is 25.5 Å². The van der Waals surface area contributed by atoms with Crippen LogP contribution in [0.5, 0.6) is 0 Å². The Kier molecular flexibility index (Phi) is 2.76. The number of aromatic nitrogens is 2. The number of hydrogen-bond acceptors (Lipinski definition) is 2. The number of aliphatic hydroxyl groups excluding tert-OH is 1. The number of imidazole rings is 1. The van der Waals surface area contributed by atoms with Crippen LogP contribution in [0.15, 0.2) is 34.9 Å². The number of fused-ring (bicyclic) bond motifs is 1. The number of nitrogens with zero attached hydrogens (tertiary/aromatic N) is 2. The Hall–Kier alpha value is -1.13. The van der Waals surface area contributed by atoms with Crippen LogP contribution in [0.1, 0.15) is 24.8 Å². The third-order valence-corrected chi connectivity index (χ3v) is 3.70. The third-order valence-electron chi connectivity index (χ3n) is 3.17. The van der Waals surface area contributed by atoms with Crippen LogP contribution in [-0.4, -0.2) is 14.7 Å². The van der Waals surface area contributed by atoms with Crippen LogP contribution in [-0.2, 0) is 6.42 Å². The highest BCUT2D eigenvalue weighted by Crippen LogP contribution is 2.30. The highest BCUT2D eigenvalue weighted by atomic mass is 79.9. The van der Waals surface area contributed by atoms with E-state index in [1.807, 2.05) is 35.0 Å². The lowest BCUT2D eigenvalue weighted by Gasteiger charge is -2.22. The van der Waals surface area contributed by atoms with Crippen molar-refractivity contribution in [3.8, 4) is 11.4 Å². The lowest BCUT2D eigenvalue weighted by Crippen LogP contribution is -2.17. The molecule has 1 aliphatic rings. The van der Waals surface area contributed by atoms with E-state index in [1.54, 1.807) is 0 Å². The van der Waals surface area contributed by atoms with E-state index < -0.39 is 6.23 Å². The highest BCUT2D eigenvalue weighted by Gasteiger charge is 2.21. The van der Waals surface area contributed by atoms with E-state index >= 15 is 0 Å². The summed E-state index contributed by atoms with van der Waals surface area (Å²) in [7, 11) is 0. The van der Waals surface area contributed by atoms with Gasteiger partial charge < -0.3 is 9.67 Å². The van der Waals surface area contributed by atoms with Crippen molar-refractivity contribution in [2.24, 2.45) is 0 Å². The molecule has 0 bridgehead atoms. The van der Waals surface area contributed by atoms with Gasteiger partial charge in [-0.05, 0) is 31.4 Å². The zero-order chi connectivity index (χ0) is 11.8. The topological polar surface area (TPSA) is 38.1 Å². The first-order chi connectivity index (χ1) is 8.25. The zero-order valence-corrected chi connectivity index (χ0v) is 10.9. The first-order valence-electron chi connectivity index (χ1n) is 5.76. The second-order valence-electron chi connectivity index (χ2n) is 4.32. The van der Waals surface area contributed by atoms with Crippen LogP contribution < -0.4 is 0 Å². The standard InChI is InChI=1S/C13H13BrN2O/c14-10-6-4-9(5-7-10)13-15-8-11-2-1-3-12(17)16(11)13/h4-8,12,17H,1-3H2. The number of benzene rings is 1. The Morgan fingerprint density at radius 2 is 2.06 bits per heavy atom. The molecule has 3 rings (SSSR count). The van der Waals surface area contributed by atoms with Crippen molar-refractivity contribution in [1.29, 1.82) is 0 Å². The number of aliphatic hydroxyl groups is 1. The second kappa shape index (κ2) is 4.27. The lowest BCUT2D eigenvalue weighted by atomic mass is 10.1. The number of aryl methyl sites for hydroxylation is 1. The van der Waals surface area contributed by atoms with Gasteiger partial charge in [0.1, 0.15) is 12.1 Å². The van der Waals surface area contributed by atoms with Crippen LogP contribution in [0, 0.1) is 0 Å². The molecule has 0 radical (unpaired) electrons. The van der Waals surface area contributed by atoms with Crippen molar-refractivity contribution < 1.29 is 5.11 Å². The van der Waals surface area contributed by atoms with Crippen LogP contribution in [0.4, 0.5) is 0 Å². The van der Waals surface area contributed by atoms with E-state index in [-0.39, 0.29) is 0 Å². The Labute approximate surface area is 108 Å². The molecule has 0 fully saturated rings. The minimum atomic E-state index is -0.431. The molecule has 0 saturated heterocycles. The molecule has 1 unspecified atom stereocenters. The van der Waals surface area contributed by atoms with Gasteiger partial charge in [-0.3, -0.25) is 0 Å². The average Bonchev–Trinajstić information content (AvgIpc) is 2.75. The van der Waals surface area contributed by atoms with E-state index in [2.05, 4.69) is 20.9 Å². The summed E-state index contributed by atoms with van der Waals surface area (Å²) in [6.07, 6.45) is 4.29. The summed E-state index contributed by atoms with van der Waals surface area (Å²) in [4.78, 5) is 4.44. The molecule has 1 N–H and O–H groups in total. The lowest BCUT2D eigenvalue weighted by molar-refractivity contribution is 0.0807. The van der Waals surface area contributed by atoms with Gasteiger partial charge in [0.05, 0.1) is 0 Å². The molecule has 1 aromatic carbocycles. The summed E-state index contributed by atoms with van der Waals surface area (Å²) in [5.74, 6) is 0.861. The molecule has 17 heavy (non-hydrogen) atoms. The molecule has 0 amide bonds. The van der Waals surface area contributed by atoms with Crippen molar-refractivity contribution in [1.82, 2.24) is 9.55 Å². The number of halogens is 1. The molecule has 2 aromatic rings. The van der Waals surface area contributed by atoms with Crippen molar-refractivity contribution in [2.75, 3.05) is 0 Å². The molecule has 3 nitrogen and oxygen atoms in total. The largest absolute Gasteiger partial charge is 0.373 e. The van der Waals surface area contributed by atoms with Gasteiger partial charge in [-0.25, -0.2) is 4.98 Å². The molecule has 0 aliphatic carbocycles. The third kappa shape index (κ3) is 1.91. The fraction of sp³-hybridized carbons (Fsp3) is 0.308. The van der Waals surface area contributed by atoms with E-state index in [1.165, 1.54) is 0 Å². The summed E-state index contributed by atoms with van der Waals surface area (Å²) in [6, 6.07) is 8.01. The predicted octanol–water partition coefficient (Wildman–Crippen LogP) is 3.14. The summed E-state index contributed by atoms with van der Waals surface area (Å²) in [6.45, 7) is 0. The fourth-order valence-electron chi connectivity index (χ4n) is 2.32. The Bertz CT molecular complexity index is 533. The fourth-order valence-corrected chi connectivity index (χ4v) is 2.59. The molecule has 0 spiro atoms. The first-order valence-corrected chi connectivity index (χ1v) is 6.55. The highest BCUT2D eigenvalue weighted by molar-refractivity contribution is 9.10. The predicted molar refractivity (Wildman–Crippen MR) is 69.6 cm³/mol. The van der Waals surface area contributed by atoms with E-state index in [4.69, 9.17) is 0 Å². The van der Waals surface area contributed by atoms with E-state index in [0.717, 1.165) is 40.8 Å². The maximum absolute atomic E-state index is 10.1. The molecule has 1 atom stereocenters. The monoisotopic (exact) mass is 292 g/mol. The normalized spacial score (nSPS) is 19.1. The van der Waals surface area contributed by atoms with Gasteiger partial charge in [-0.2, -0.15) is 0 Å². The van der Waals surface area contributed by atoms with E-state index in [0.29, 0.717) is 0 Å². The van der Waals surface area contributed by atoms with Gasteiger partial charge in [-0.15, -0.1) is 0 Å². The SMILES string of the molecule is OC1CCCc2cnc(-c3ccc(Br)cc3)n21. The molecular formula is C13H13BrN2O. The molecule has 88 valence electrons. The van der Waals surface area contributed by atoms with Crippen molar-refractivity contribution in [3.63, 3.8) is 0 Å².